The van der Waals surface area contributed by atoms with Crippen LogP contribution < -0.4 is 9.80 Å². The SMILES string of the molecule is CC(C)c1ccc(N(c2cc(-c3ccccc3)cc(-c3ccccc3)c2)c2ccc3c4ccc(N(c5ccc(C(C)C)cc5)c5cc(-c6ccccc6)cc(-c6ccccc6)c5)cc4n(-c4ccc5ccccc5c4)c3c2)cc1. The molecular formula is C76H61N3. The largest absolute Gasteiger partial charge is 0.310 e. The van der Waals surface area contributed by atoms with Crippen molar-refractivity contribution in [3.05, 3.63) is 296 Å². The maximum atomic E-state index is 2.50. The Hall–Kier alpha value is -9.70. The first-order chi connectivity index (χ1) is 38.8. The minimum Gasteiger partial charge on any atom is -0.310 e. The van der Waals surface area contributed by atoms with Crippen molar-refractivity contribution in [2.24, 2.45) is 0 Å². The number of hydrogen-bond donors (Lipinski definition) is 0. The first-order valence-corrected chi connectivity index (χ1v) is 27.7. The molecule has 3 heteroatoms. The zero-order chi connectivity index (χ0) is 53.4. The average Bonchev–Trinajstić information content (AvgIpc) is 4.11. The first-order valence-electron chi connectivity index (χ1n) is 27.7. The van der Waals surface area contributed by atoms with Gasteiger partial charge in [0.15, 0.2) is 0 Å². The standard InChI is InChI=1S/C76H61N3/c1-52(2)54-29-34-66(35-30-54)77(71-46-62(56-19-9-5-10-20-56)43-63(47-71)57-21-11-6-12-22-57)69-39-41-73-74-42-40-70(51-76(74)79(75(73)50-69)68-38-33-60-27-17-18-28-61(60)45-68)78(67-36-31-55(32-37-67)53(3)4)72-48-64(58-23-13-7-14-24-58)44-65(49-72)59-25-15-8-16-26-59/h5-53H,1-4H3. The number of rotatable bonds is 13. The molecule has 3 nitrogen and oxygen atoms in total. The van der Waals surface area contributed by atoms with Crippen LogP contribution in [0.2, 0.25) is 0 Å². The molecule has 0 atom stereocenters. The molecule has 12 aromatic carbocycles. The molecule has 1 heterocycles. The lowest BCUT2D eigenvalue weighted by Crippen LogP contribution is -2.11. The molecular weight excluding hydrogens is 955 g/mol. The summed E-state index contributed by atoms with van der Waals surface area (Å²) in [5.41, 5.74) is 21.8. The summed E-state index contributed by atoms with van der Waals surface area (Å²) in [6.45, 7) is 9.05. The van der Waals surface area contributed by atoms with Crippen LogP contribution in [0.1, 0.15) is 50.7 Å². The fourth-order valence-corrected chi connectivity index (χ4v) is 11.4. The Morgan fingerprint density at radius 2 is 0.595 bits per heavy atom. The number of nitrogens with zero attached hydrogens (tertiary/aromatic N) is 3. The van der Waals surface area contributed by atoms with E-state index < -0.39 is 0 Å². The summed E-state index contributed by atoms with van der Waals surface area (Å²) in [4.78, 5) is 4.89. The third-order valence-electron chi connectivity index (χ3n) is 15.7. The maximum absolute atomic E-state index is 2.50. The van der Waals surface area contributed by atoms with Crippen LogP contribution in [0.3, 0.4) is 0 Å². The third kappa shape index (κ3) is 9.66. The second-order valence-electron chi connectivity index (χ2n) is 21.4. The zero-order valence-electron chi connectivity index (χ0n) is 45.1. The molecule has 380 valence electrons. The van der Waals surface area contributed by atoms with Gasteiger partial charge in [0.2, 0.25) is 0 Å². The van der Waals surface area contributed by atoms with Crippen molar-refractivity contribution >= 4 is 66.7 Å². The molecule has 0 aliphatic heterocycles. The van der Waals surface area contributed by atoms with E-state index in [0.717, 1.165) is 73.1 Å². The van der Waals surface area contributed by atoms with E-state index in [9.17, 15) is 0 Å². The average molecular weight is 1020 g/mol. The molecule has 0 saturated carbocycles. The van der Waals surface area contributed by atoms with Crippen LogP contribution in [0, 0.1) is 0 Å². The Kier molecular flexibility index (Phi) is 13.0. The lowest BCUT2D eigenvalue weighted by molar-refractivity contribution is 0.866. The number of fused-ring (bicyclic) bond motifs is 4. The molecule has 1 aromatic heterocycles. The van der Waals surface area contributed by atoms with E-state index in [1.165, 1.54) is 54.9 Å². The van der Waals surface area contributed by atoms with Crippen LogP contribution in [0.4, 0.5) is 34.1 Å². The molecule has 13 rings (SSSR count). The van der Waals surface area contributed by atoms with E-state index in [-0.39, 0.29) is 0 Å². The molecule has 0 fully saturated rings. The maximum Gasteiger partial charge on any atom is 0.0561 e. The minimum absolute atomic E-state index is 0.404. The molecule has 79 heavy (non-hydrogen) atoms. The van der Waals surface area contributed by atoms with Crippen LogP contribution in [0.25, 0.3) is 82.8 Å². The van der Waals surface area contributed by atoms with Gasteiger partial charge in [-0.25, -0.2) is 0 Å². The van der Waals surface area contributed by atoms with Gasteiger partial charge in [0.05, 0.1) is 11.0 Å². The van der Waals surface area contributed by atoms with Gasteiger partial charge in [0, 0.05) is 50.6 Å². The summed E-state index contributed by atoms with van der Waals surface area (Å²) < 4.78 is 2.50. The van der Waals surface area contributed by atoms with Gasteiger partial charge < -0.3 is 14.4 Å². The van der Waals surface area contributed by atoms with Crippen molar-refractivity contribution in [1.29, 1.82) is 0 Å². The summed E-state index contributed by atoms with van der Waals surface area (Å²) in [7, 11) is 0. The van der Waals surface area contributed by atoms with Gasteiger partial charge in [-0.15, -0.1) is 0 Å². The normalized spacial score (nSPS) is 11.5. The number of hydrogen-bond acceptors (Lipinski definition) is 2. The minimum atomic E-state index is 0.404. The van der Waals surface area contributed by atoms with Crippen molar-refractivity contribution in [2.45, 2.75) is 39.5 Å². The Balaban J connectivity index is 1.06. The second kappa shape index (κ2) is 21.0. The van der Waals surface area contributed by atoms with Crippen LogP contribution in [-0.2, 0) is 0 Å². The van der Waals surface area contributed by atoms with Crippen LogP contribution in [-0.4, -0.2) is 4.57 Å². The molecule has 0 unspecified atom stereocenters. The Labute approximate surface area is 464 Å². The quantitative estimate of drug-likeness (QED) is 0.114. The highest BCUT2D eigenvalue weighted by Gasteiger charge is 2.23. The van der Waals surface area contributed by atoms with E-state index in [4.69, 9.17) is 0 Å². The van der Waals surface area contributed by atoms with Crippen LogP contribution in [0.15, 0.2) is 285 Å². The fourth-order valence-electron chi connectivity index (χ4n) is 11.4. The number of anilines is 6. The van der Waals surface area contributed by atoms with Crippen LogP contribution >= 0.6 is 0 Å². The highest BCUT2D eigenvalue weighted by molar-refractivity contribution is 6.12. The molecule has 0 saturated heterocycles. The van der Waals surface area contributed by atoms with Gasteiger partial charge >= 0.3 is 0 Å². The highest BCUT2D eigenvalue weighted by Crippen LogP contribution is 2.46. The first kappa shape index (κ1) is 48.9. The molecule has 0 spiro atoms. The monoisotopic (exact) mass is 1020 g/mol. The number of benzene rings is 12. The lowest BCUT2D eigenvalue weighted by Gasteiger charge is -2.28. The Morgan fingerprint density at radius 1 is 0.253 bits per heavy atom. The van der Waals surface area contributed by atoms with Crippen molar-refractivity contribution < 1.29 is 0 Å². The van der Waals surface area contributed by atoms with Crippen molar-refractivity contribution in [3.63, 3.8) is 0 Å². The summed E-state index contributed by atoms with van der Waals surface area (Å²) in [5, 5.41) is 4.77. The fraction of sp³-hybridized carbons (Fsp3) is 0.0789. The molecule has 0 radical (unpaired) electrons. The smallest absolute Gasteiger partial charge is 0.0561 e. The van der Waals surface area contributed by atoms with E-state index in [0.29, 0.717) is 11.8 Å². The van der Waals surface area contributed by atoms with Gasteiger partial charge in [-0.3, -0.25) is 0 Å². The van der Waals surface area contributed by atoms with Crippen molar-refractivity contribution in [3.8, 4) is 50.2 Å². The Morgan fingerprint density at radius 3 is 0.962 bits per heavy atom. The Bertz CT molecular complexity index is 3920. The van der Waals surface area contributed by atoms with Gasteiger partial charge in [0.1, 0.15) is 0 Å². The van der Waals surface area contributed by atoms with Gasteiger partial charge in [-0.1, -0.05) is 216 Å². The molecule has 0 aliphatic carbocycles. The lowest BCUT2D eigenvalue weighted by atomic mass is 9.97. The summed E-state index contributed by atoms with van der Waals surface area (Å²) in [5.74, 6) is 0.808. The highest BCUT2D eigenvalue weighted by atomic mass is 15.2. The summed E-state index contributed by atoms with van der Waals surface area (Å²) >= 11 is 0. The molecule has 0 bridgehead atoms. The van der Waals surface area contributed by atoms with Gasteiger partial charge in [-0.05, 0) is 175 Å². The van der Waals surface area contributed by atoms with E-state index in [2.05, 4.69) is 327 Å². The predicted octanol–water partition coefficient (Wildman–Crippen LogP) is 21.8. The third-order valence-corrected chi connectivity index (χ3v) is 15.7. The molecule has 0 aliphatic rings. The van der Waals surface area contributed by atoms with E-state index >= 15 is 0 Å². The topological polar surface area (TPSA) is 11.4 Å². The van der Waals surface area contributed by atoms with E-state index in [1.54, 1.807) is 0 Å². The molecule has 13 aromatic rings. The van der Waals surface area contributed by atoms with Crippen molar-refractivity contribution in [2.75, 3.05) is 9.80 Å². The second-order valence-corrected chi connectivity index (χ2v) is 21.4. The zero-order valence-corrected chi connectivity index (χ0v) is 45.1. The van der Waals surface area contributed by atoms with Gasteiger partial charge in [-0.2, -0.15) is 0 Å². The van der Waals surface area contributed by atoms with Crippen LogP contribution in [0.5, 0.6) is 0 Å². The molecule has 0 amide bonds. The number of aromatic nitrogens is 1. The summed E-state index contributed by atoms with van der Waals surface area (Å²) in [6.07, 6.45) is 0. The van der Waals surface area contributed by atoms with E-state index in [1.807, 2.05) is 0 Å². The van der Waals surface area contributed by atoms with Crippen molar-refractivity contribution in [1.82, 2.24) is 4.57 Å². The molecule has 0 N–H and O–H groups in total. The van der Waals surface area contributed by atoms with Gasteiger partial charge in [0.25, 0.3) is 0 Å². The summed E-state index contributed by atoms with van der Waals surface area (Å²) in [6, 6.07) is 105. The predicted molar refractivity (Wildman–Crippen MR) is 338 cm³/mol.